The highest BCUT2D eigenvalue weighted by molar-refractivity contribution is 6.23. The van der Waals surface area contributed by atoms with Gasteiger partial charge in [0.25, 0.3) is 5.91 Å². The quantitative estimate of drug-likeness (QED) is 0.313. The van der Waals surface area contributed by atoms with Crippen molar-refractivity contribution in [3.8, 4) is 0 Å². The van der Waals surface area contributed by atoms with Crippen LogP contribution in [0.1, 0.15) is 56.1 Å². The zero-order valence-corrected chi connectivity index (χ0v) is 23.8. The van der Waals surface area contributed by atoms with Gasteiger partial charge < -0.3 is 19.9 Å². The zero-order chi connectivity index (χ0) is 28.8. The van der Waals surface area contributed by atoms with Crippen LogP contribution in [-0.2, 0) is 21.5 Å². The minimum Gasteiger partial charge on any atom is -0.462 e. The fourth-order valence-corrected chi connectivity index (χ4v) is 5.55. The number of nitrogens with zero attached hydrogens (tertiary/aromatic N) is 4. The van der Waals surface area contributed by atoms with Crippen LogP contribution in [0.2, 0.25) is 0 Å². The van der Waals surface area contributed by atoms with Crippen LogP contribution in [0, 0.1) is 0 Å². The Bertz CT molecular complexity index is 1500. The van der Waals surface area contributed by atoms with E-state index in [0.717, 1.165) is 17.8 Å². The summed E-state index contributed by atoms with van der Waals surface area (Å²) < 4.78 is 5.09. The average molecular weight is 542 g/mol. The van der Waals surface area contributed by atoms with Gasteiger partial charge in [-0.15, -0.1) is 0 Å². The first-order chi connectivity index (χ1) is 18.9. The van der Waals surface area contributed by atoms with Gasteiger partial charge in [-0.05, 0) is 74.4 Å². The summed E-state index contributed by atoms with van der Waals surface area (Å²) in [6.07, 6.45) is 1.65. The number of hydrogen-bond donors (Lipinski definition) is 1. The largest absolute Gasteiger partial charge is 0.462 e. The van der Waals surface area contributed by atoms with Gasteiger partial charge in [-0.2, -0.15) is 0 Å². The third-order valence-corrected chi connectivity index (χ3v) is 7.65. The Hall–Kier alpha value is -4.40. The van der Waals surface area contributed by atoms with Crippen LogP contribution in [0.5, 0.6) is 0 Å². The number of likely N-dealkylation sites (N-methyl/N-ethyl adjacent to an activating group) is 1. The molecule has 0 bridgehead atoms. The number of fused-ring (bicyclic) bond motifs is 1. The lowest BCUT2D eigenvalue weighted by molar-refractivity contribution is -0.123. The van der Waals surface area contributed by atoms with Gasteiger partial charge in [-0.1, -0.05) is 26.0 Å². The van der Waals surface area contributed by atoms with E-state index in [4.69, 9.17) is 4.74 Å². The molecule has 0 saturated carbocycles. The van der Waals surface area contributed by atoms with Crippen molar-refractivity contribution in [1.82, 2.24) is 9.88 Å². The highest BCUT2D eigenvalue weighted by atomic mass is 16.5. The predicted octanol–water partition coefficient (Wildman–Crippen LogP) is 5.48. The van der Waals surface area contributed by atoms with Gasteiger partial charge in [0.05, 0.1) is 17.9 Å². The number of hydrogen-bond acceptors (Lipinski definition) is 7. The number of ether oxygens (including phenoxy) is 1. The molecule has 5 rings (SSSR count). The molecule has 2 aliphatic heterocycles. The molecule has 0 unspecified atom stereocenters. The predicted molar refractivity (Wildman–Crippen MR) is 155 cm³/mol. The number of urea groups is 1. The van der Waals surface area contributed by atoms with Crippen molar-refractivity contribution in [3.63, 3.8) is 0 Å². The molecule has 1 aromatic heterocycles. The van der Waals surface area contributed by atoms with Gasteiger partial charge >= 0.3 is 12.0 Å². The Labute approximate surface area is 234 Å². The number of aromatic nitrogens is 1. The number of amides is 3. The van der Waals surface area contributed by atoms with E-state index in [2.05, 4.69) is 29.0 Å². The molecule has 9 heteroatoms. The summed E-state index contributed by atoms with van der Waals surface area (Å²) in [5.74, 6) is -0.105. The lowest BCUT2D eigenvalue weighted by Crippen LogP contribution is -2.43. The highest BCUT2D eigenvalue weighted by Crippen LogP contribution is 2.43. The first kappa shape index (κ1) is 27.2. The van der Waals surface area contributed by atoms with Crippen LogP contribution < -0.4 is 15.1 Å². The van der Waals surface area contributed by atoms with Gasteiger partial charge in [-0.3, -0.25) is 4.79 Å². The Morgan fingerprint density at radius 3 is 2.58 bits per heavy atom. The maximum Gasteiger partial charge on any atom is 0.338 e. The first-order valence-electron chi connectivity index (χ1n) is 13.4. The molecule has 2 aromatic carbocycles. The van der Waals surface area contributed by atoms with Crippen LogP contribution >= 0.6 is 0 Å². The lowest BCUT2D eigenvalue weighted by atomic mass is 9.87. The smallest absolute Gasteiger partial charge is 0.338 e. The first-order valence-corrected chi connectivity index (χ1v) is 13.4. The molecule has 3 amide bonds. The van der Waals surface area contributed by atoms with Crippen molar-refractivity contribution < 1.29 is 19.1 Å². The maximum atomic E-state index is 13.7. The summed E-state index contributed by atoms with van der Waals surface area (Å²) in [6, 6.07) is 16.1. The van der Waals surface area contributed by atoms with Crippen LogP contribution in [0.3, 0.4) is 0 Å². The number of nitrogens with one attached hydrogen (secondary N) is 1. The minimum absolute atomic E-state index is 0.000165. The fraction of sp³-hybridized carbons (Fsp3) is 0.355. The van der Waals surface area contributed by atoms with Crippen LogP contribution in [0.4, 0.5) is 27.7 Å². The second-order valence-electron chi connectivity index (χ2n) is 11.5. The maximum absolute atomic E-state index is 13.7. The molecule has 1 N–H and O–H groups in total. The van der Waals surface area contributed by atoms with E-state index in [1.165, 1.54) is 10.5 Å². The molecule has 1 fully saturated rings. The number of anilines is 4. The number of imide groups is 1. The SMILES string of the molecule is CCOC(=O)c1cccc(Nc2cc(CN3C(=O)N(c4ccc5c(c4)N(C)CC5(C)C)C(=O)C3(C)C)ccn2)c1. The van der Waals surface area contributed by atoms with E-state index in [0.29, 0.717) is 29.4 Å². The van der Waals surface area contributed by atoms with Crippen molar-refractivity contribution in [3.05, 3.63) is 77.5 Å². The van der Waals surface area contributed by atoms with Crippen molar-refractivity contribution in [2.75, 3.05) is 35.3 Å². The van der Waals surface area contributed by atoms with Gasteiger partial charge in [0.1, 0.15) is 11.4 Å². The van der Waals surface area contributed by atoms with E-state index >= 15 is 0 Å². The van der Waals surface area contributed by atoms with E-state index in [9.17, 15) is 14.4 Å². The lowest BCUT2D eigenvalue weighted by Gasteiger charge is -2.27. The standard InChI is InChI=1S/C31H35N5O4/c1-7-40-27(37)21-9-8-10-22(16-21)33-26-15-20(13-14-32-26)18-35-29(39)36(28(38)31(35,4)5)23-11-12-24-25(17-23)34(6)19-30(24,2)3/h8-17H,7,18-19H2,1-6H3,(H,32,33). The van der Waals surface area contributed by atoms with Crippen molar-refractivity contribution in [2.24, 2.45) is 0 Å². The number of benzene rings is 2. The van der Waals surface area contributed by atoms with Crippen LogP contribution in [0.25, 0.3) is 0 Å². The zero-order valence-electron chi connectivity index (χ0n) is 23.8. The third-order valence-electron chi connectivity index (χ3n) is 7.65. The van der Waals surface area contributed by atoms with E-state index in [1.54, 1.807) is 50.1 Å². The molecule has 3 aromatic rings. The summed E-state index contributed by atoms with van der Waals surface area (Å²) >= 11 is 0. The molecule has 3 heterocycles. The van der Waals surface area contributed by atoms with E-state index < -0.39 is 11.5 Å². The third kappa shape index (κ3) is 4.76. The summed E-state index contributed by atoms with van der Waals surface area (Å²) in [4.78, 5) is 48.8. The summed E-state index contributed by atoms with van der Waals surface area (Å²) in [6.45, 7) is 11.1. The number of esters is 1. The monoisotopic (exact) mass is 541 g/mol. The molecule has 0 atom stereocenters. The number of rotatable bonds is 7. The molecule has 2 aliphatic rings. The second kappa shape index (κ2) is 9.97. The molecule has 40 heavy (non-hydrogen) atoms. The number of pyridine rings is 1. The van der Waals surface area contributed by atoms with Crippen molar-refractivity contribution in [1.29, 1.82) is 0 Å². The highest BCUT2D eigenvalue weighted by Gasteiger charge is 2.52. The normalized spacial score (nSPS) is 17.3. The molecule has 0 aliphatic carbocycles. The van der Waals surface area contributed by atoms with Gasteiger partial charge in [0.15, 0.2) is 0 Å². The van der Waals surface area contributed by atoms with E-state index in [-0.39, 0.29) is 23.9 Å². The Morgan fingerprint density at radius 2 is 1.82 bits per heavy atom. The van der Waals surface area contributed by atoms with Crippen LogP contribution in [-0.4, -0.2) is 53.5 Å². The Morgan fingerprint density at radius 1 is 1.05 bits per heavy atom. The summed E-state index contributed by atoms with van der Waals surface area (Å²) in [5, 5.41) is 3.21. The van der Waals surface area contributed by atoms with Crippen LogP contribution in [0.15, 0.2) is 60.8 Å². The Balaban J connectivity index is 1.37. The Kier molecular flexibility index (Phi) is 6.77. The topological polar surface area (TPSA) is 95.1 Å². The van der Waals surface area contributed by atoms with E-state index in [1.807, 2.05) is 43.4 Å². The minimum atomic E-state index is -1.04. The number of carbonyl (C=O) groups is 3. The molecule has 208 valence electrons. The summed E-state index contributed by atoms with van der Waals surface area (Å²) in [5.41, 5.74) is 3.71. The average Bonchev–Trinajstić information content (AvgIpc) is 3.24. The molecule has 0 spiro atoms. The molecular formula is C31H35N5O4. The molecule has 9 nitrogen and oxygen atoms in total. The van der Waals surface area contributed by atoms with Gasteiger partial charge in [0, 0.05) is 43.1 Å². The van der Waals surface area contributed by atoms with Crippen molar-refractivity contribution >= 4 is 40.8 Å². The number of carbonyl (C=O) groups excluding carboxylic acids is 3. The summed E-state index contributed by atoms with van der Waals surface area (Å²) in [7, 11) is 2.03. The second-order valence-corrected chi connectivity index (χ2v) is 11.5. The van der Waals surface area contributed by atoms with Gasteiger partial charge in [-0.25, -0.2) is 19.5 Å². The van der Waals surface area contributed by atoms with Crippen molar-refractivity contribution in [2.45, 2.75) is 52.1 Å². The van der Waals surface area contributed by atoms with Gasteiger partial charge in [0.2, 0.25) is 0 Å². The molecule has 0 radical (unpaired) electrons. The molecular weight excluding hydrogens is 506 g/mol. The molecule has 1 saturated heterocycles. The fourth-order valence-electron chi connectivity index (χ4n) is 5.55.